The van der Waals surface area contributed by atoms with Gasteiger partial charge >= 0.3 is 0 Å². The van der Waals surface area contributed by atoms with Crippen LogP contribution in [-0.4, -0.2) is 32.4 Å². The second-order valence-electron chi connectivity index (χ2n) is 6.98. The van der Waals surface area contributed by atoms with Gasteiger partial charge in [-0.05, 0) is 68.0 Å². The molecule has 2 N–H and O–H groups in total. The minimum Gasteiger partial charge on any atom is -0.348 e. The molecule has 0 aromatic heterocycles. The number of halogens is 1. The van der Waals surface area contributed by atoms with E-state index in [1.807, 2.05) is 50.4 Å². The van der Waals surface area contributed by atoms with Crippen LogP contribution in [-0.2, 0) is 14.8 Å². The number of amides is 1. The van der Waals surface area contributed by atoms with Crippen LogP contribution in [0.2, 0.25) is 0 Å². The molecule has 0 radical (unpaired) electrons. The number of carbonyl (C=O) groups is 1. The standard InChI is InChI=1S/C21H27BrN2O3S2/c1-14-9-10-15(2)20(13-14)29(26,27)24-19(11-12-28-4)21(25)23-16(3)17-7-5-6-8-18(17)22/h5-10,13,16,19,24H,11-12H2,1-4H3,(H,23,25). The van der Waals surface area contributed by atoms with Crippen molar-refractivity contribution in [3.8, 4) is 0 Å². The summed E-state index contributed by atoms with van der Waals surface area (Å²) in [5.74, 6) is 0.327. The number of hydrogen-bond donors (Lipinski definition) is 2. The third-order valence-corrected chi connectivity index (χ3v) is 7.57. The van der Waals surface area contributed by atoms with Crippen LogP contribution in [0.1, 0.15) is 36.1 Å². The predicted molar refractivity (Wildman–Crippen MR) is 124 cm³/mol. The molecule has 0 fully saturated rings. The van der Waals surface area contributed by atoms with Gasteiger partial charge in [0.1, 0.15) is 6.04 Å². The molecule has 0 aliphatic carbocycles. The fourth-order valence-electron chi connectivity index (χ4n) is 2.94. The summed E-state index contributed by atoms with van der Waals surface area (Å²) in [7, 11) is -3.83. The largest absolute Gasteiger partial charge is 0.348 e. The van der Waals surface area contributed by atoms with E-state index in [1.165, 1.54) is 0 Å². The zero-order chi connectivity index (χ0) is 21.6. The molecule has 0 aliphatic heterocycles. The van der Waals surface area contributed by atoms with Crippen molar-refractivity contribution >= 4 is 43.6 Å². The topological polar surface area (TPSA) is 75.3 Å². The first-order valence-electron chi connectivity index (χ1n) is 9.29. The fraction of sp³-hybridized carbons (Fsp3) is 0.381. The highest BCUT2D eigenvalue weighted by molar-refractivity contribution is 9.10. The monoisotopic (exact) mass is 498 g/mol. The third kappa shape index (κ3) is 6.57. The average molecular weight is 499 g/mol. The second-order valence-corrected chi connectivity index (χ2v) is 10.5. The van der Waals surface area contributed by atoms with Gasteiger partial charge in [-0.2, -0.15) is 16.5 Å². The summed E-state index contributed by atoms with van der Waals surface area (Å²) in [6.45, 7) is 5.47. The smallest absolute Gasteiger partial charge is 0.241 e. The van der Waals surface area contributed by atoms with Gasteiger partial charge in [-0.1, -0.05) is 46.3 Å². The van der Waals surface area contributed by atoms with Crippen molar-refractivity contribution in [2.75, 3.05) is 12.0 Å². The van der Waals surface area contributed by atoms with Crippen molar-refractivity contribution in [2.24, 2.45) is 0 Å². The molecule has 0 saturated carbocycles. The van der Waals surface area contributed by atoms with E-state index in [9.17, 15) is 13.2 Å². The molecule has 0 heterocycles. The number of aryl methyl sites for hydroxylation is 2. The van der Waals surface area contributed by atoms with Crippen LogP contribution in [0.15, 0.2) is 51.8 Å². The minimum atomic E-state index is -3.83. The van der Waals surface area contributed by atoms with Crippen molar-refractivity contribution in [3.63, 3.8) is 0 Å². The van der Waals surface area contributed by atoms with E-state index in [-0.39, 0.29) is 16.8 Å². The summed E-state index contributed by atoms with van der Waals surface area (Å²) in [5, 5.41) is 2.94. The minimum absolute atomic E-state index is 0.207. The summed E-state index contributed by atoms with van der Waals surface area (Å²) >= 11 is 5.06. The second kappa shape index (κ2) is 10.6. The quantitative estimate of drug-likeness (QED) is 0.538. The zero-order valence-electron chi connectivity index (χ0n) is 17.0. The van der Waals surface area contributed by atoms with E-state index in [0.717, 1.165) is 15.6 Å². The number of thioether (sulfide) groups is 1. The number of carbonyl (C=O) groups excluding carboxylic acids is 1. The van der Waals surface area contributed by atoms with E-state index in [2.05, 4.69) is 26.0 Å². The van der Waals surface area contributed by atoms with Gasteiger partial charge in [-0.3, -0.25) is 4.79 Å². The number of benzene rings is 2. The summed E-state index contributed by atoms with van der Waals surface area (Å²) < 4.78 is 29.5. The predicted octanol–water partition coefficient (Wildman–Crippen LogP) is 4.34. The first-order chi connectivity index (χ1) is 13.7. The Hall–Kier alpha value is -1.35. The molecule has 158 valence electrons. The molecule has 2 aromatic carbocycles. The zero-order valence-corrected chi connectivity index (χ0v) is 20.2. The van der Waals surface area contributed by atoms with Crippen LogP contribution in [0.3, 0.4) is 0 Å². The maximum atomic E-state index is 13.0. The van der Waals surface area contributed by atoms with E-state index in [0.29, 0.717) is 17.7 Å². The molecule has 2 atom stereocenters. The molecule has 0 saturated heterocycles. The molecule has 0 bridgehead atoms. The van der Waals surface area contributed by atoms with Crippen molar-refractivity contribution in [2.45, 2.75) is 44.2 Å². The van der Waals surface area contributed by atoms with Gasteiger partial charge in [-0.25, -0.2) is 8.42 Å². The number of rotatable bonds is 9. The first-order valence-corrected chi connectivity index (χ1v) is 13.0. The molecular weight excluding hydrogens is 472 g/mol. The molecule has 8 heteroatoms. The highest BCUT2D eigenvalue weighted by Gasteiger charge is 2.27. The molecule has 29 heavy (non-hydrogen) atoms. The van der Waals surface area contributed by atoms with Crippen LogP contribution in [0.5, 0.6) is 0 Å². The van der Waals surface area contributed by atoms with E-state index in [1.54, 1.807) is 30.8 Å². The van der Waals surface area contributed by atoms with Gasteiger partial charge in [0.2, 0.25) is 15.9 Å². The lowest BCUT2D eigenvalue weighted by molar-refractivity contribution is -0.123. The van der Waals surface area contributed by atoms with Crippen molar-refractivity contribution < 1.29 is 13.2 Å². The lowest BCUT2D eigenvalue weighted by Crippen LogP contribution is -2.47. The van der Waals surface area contributed by atoms with Gasteiger partial charge in [-0.15, -0.1) is 0 Å². The Bertz CT molecular complexity index is 964. The van der Waals surface area contributed by atoms with Crippen LogP contribution >= 0.6 is 27.7 Å². The Morgan fingerprint density at radius 3 is 2.52 bits per heavy atom. The molecular formula is C21H27BrN2O3S2. The summed E-state index contributed by atoms with van der Waals surface area (Å²) in [6.07, 6.45) is 2.33. The fourth-order valence-corrected chi connectivity index (χ4v) is 5.60. The highest BCUT2D eigenvalue weighted by atomic mass is 79.9. The Balaban J connectivity index is 2.23. The normalized spacial score (nSPS) is 13.7. The Kier molecular flexibility index (Phi) is 8.75. The lowest BCUT2D eigenvalue weighted by atomic mass is 10.1. The number of sulfonamides is 1. The van der Waals surface area contributed by atoms with Crippen molar-refractivity contribution in [3.05, 3.63) is 63.6 Å². The SMILES string of the molecule is CSCCC(NS(=O)(=O)c1cc(C)ccc1C)C(=O)NC(C)c1ccccc1Br. The van der Waals surface area contributed by atoms with Crippen LogP contribution in [0, 0.1) is 13.8 Å². The molecule has 1 amide bonds. The van der Waals surface area contributed by atoms with Gasteiger partial charge < -0.3 is 5.32 Å². The molecule has 2 aromatic rings. The molecule has 0 spiro atoms. The maximum absolute atomic E-state index is 13.0. The van der Waals surface area contributed by atoms with Gasteiger partial charge in [0.25, 0.3) is 0 Å². The first kappa shape index (κ1) is 23.9. The summed E-state index contributed by atoms with van der Waals surface area (Å²) in [4.78, 5) is 13.1. The van der Waals surface area contributed by atoms with E-state index < -0.39 is 16.1 Å². The molecule has 2 rings (SSSR count). The van der Waals surface area contributed by atoms with Crippen LogP contribution in [0.25, 0.3) is 0 Å². The summed E-state index contributed by atoms with van der Waals surface area (Å²) in [5.41, 5.74) is 2.43. The Labute approximate surface area is 186 Å². The van der Waals surface area contributed by atoms with Crippen molar-refractivity contribution in [1.29, 1.82) is 0 Å². The van der Waals surface area contributed by atoms with E-state index in [4.69, 9.17) is 0 Å². The number of hydrogen-bond acceptors (Lipinski definition) is 4. The highest BCUT2D eigenvalue weighted by Crippen LogP contribution is 2.23. The Morgan fingerprint density at radius 2 is 1.86 bits per heavy atom. The van der Waals surface area contributed by atoms with Gasteiger partial charge in [0, 0.05) is 4.47 Å². The van der Waals surface area contributed by atoms with Gasteiger partial charge in [0.05, 0.1) is 10.9 Å². The van der Waals surface area contributed by atoms with E-state index >= 15 is 0 Å². The lowest BCUT2D eigenvalue weighted by Gasteiger charge is -2.22. The molecule has 0 aliphatic rings. The Morgan fingerprint density at radius 1 is 1.17 bits per heavy atom. The van der Waals surface area contributed by atoms with Crippen molar-refractivity contribution in [1.82, 2.24) is 10.0 Å². The molecule has 2 unspecified atom stereocenters. The summed E-state index contributed by atoms with van der Waals surface area (Å²) in [6, 6.07) is 11.8. The average Bonchev–Trinajstić information content (AvgIpc) is 2.67. The van der Waals surface area contributed by atoms with Crippen LogP contribution in [0.4, 0.5) is 0 Å². The number of nitrogens with one attached hydrogen (secondary N) is 2. The van der Waals surface area contributed by atoms with Crippen LogP contribution < -0.4 is 10.0 Å². The maximum Gasteiger partial charge on any atom is 0.241 e. The van der Waals surface area contributed by atoms with Gasteiger partial charge in [0.15, 0.2) is 0 Å². The third-order valence-electron chi connectivity index (χ3n) is 4.59. The molecule has 5 nitrogen and oxygen atoms in total.